The second-order valence-corrected chi connectivity index (χ2v) is 4.91. The van der Waals surface area contributed by atoms with Crippen LogP contribution in [-0.4, -0.2) is 75.6 Å². The number of aliphatic hydroxyl groups excluding tert-OH is 5. The SMILES string of the molecule is C/C=C\C#CC#C[C@@H](O)CCO[C@@H]1O[C@H](CO)[C@@H](O)[C@H](O)[C@H]1O. The van der Waals surface area contributed by atoms with Gasteiger partial charge in [0.05, 0.1) is 13.2 Å². The van der Waals surface area contributed by atoms with Gasteiger partial charge < -0.3 is 35.0 Å². The first-order valence-electron chi connectivity index (χ1n) is 7.23. The summed E-state index contributed by atoms with van der Waals surface area (Å²) in [4.78, 5) is 0. The van der Waals surface area contributed by atoms with Crippen molar-refractivity contribution in [2.45, 2.75) is 50.2 Å². The molecule has 0 aromatic carbocycles. The fourth-order valence-electron chi connectivity index (χ4n) is 1.85. The van der Waals surface area contributed by atoms with Gasteiger partial charge in [-0.2, -0.15) is 0 Å². The van der Waals surface area contributed by atoms with E-state index in [2.05, 4.69) is 23.7 Å². The Morgan fingerprint density at radius 1 is 1.17 bits per heavy atom. The Kier molecular flexibility index (Phi) is 8.85. The third-order valence-electron chi connectivity index (χ3n) is 3.15. The highest BCUT2D eigenvalue weighted by Gasteiger charge is 2.43. The molecule has 0 bridgehead atoms. The molecule has 0 aromatic rings. The number of aliphatic hydroxyl groups is 5. The van der Waals surface area contributed by atoms with E-state index in [0.717, 1.165) is 0 Å². The quantitative estimate of drug-likeness (QED) is 0.376. The molecule has 1 heterocycles. The van der Waals surface area contributed by atoms with Gasteiger partial charge in [-0.15, -0.1) is 0 Å². The summed E-state index contributed by atoms with van der Waals surface area (Å²) in [6.45, 7) is 1.30. The first-order chi connectivity index (χ1) is 11.0. The van der Waals surface area contributed by atoms with Crippen LogP contribution in [0.25, 0.3) is 0 Å². The van der Waals surface area contributed by atoms with Gasteiger partial charge in [0, 0.05) is 6.42 Å². The zero-order valence-electron chi connectivity index (χ0n) is 12.8. The largest absolute Gasteiger partial charge is 0.394 e. The van der Waals surface area contributed by atoms with Crippen LogP contribution in [-0.2, 0) is 9.47 Å². The van der Waals surface area contributed by atoms with Gasteiger partial charge in [0.1, 0.15) is 30.5 Å². The summed E-state index contributed by atoms with van der Waals surface area (Å²) < 4.78 is 10.4. The van der Waals surface area contributed by atoms with Gasteiger partial charge in [-0.05, 0) is 24.8 Å². The second kappa shape index (κ2) is 10.4. The first-order valence-corrected chi connectivity index (χ1v) is 7.23. The lowest BCUT2D eigenvalue weighted by molar-refractivity contribution is -0.301. The molecular formula is C16H22O7. The van der Waals surface area contributed by atoms with Crippen molar-refractivity contribution in [2.24, 2.45) is 0 Å². The zero-order valence-corrected chi connectivity index (χ0v) is 12.8. The molecule has 0 spiro atoms. The van der Waals surface area contributed by atoms with Crippen molar-refractivity contribution in [3.05, 3.63) is 12.2 Å². The normalized spacial score (nSPS) is 31.8. The van der Waals surface area contributed by atoms with E-state index in [1.165, 1.54) is 0 Å². The maximum Gasteiger partial charge on any atom is 0.186 e. The maximum absolute atomic E-state index is 9.75. The molecule has 1 aliphatic heterocycles. The summed E-state index contributed by atoms with van der Waals surface area (Å²) in [6, 6.07) is 0. The van der Waals surface area contributed by atoms with E-state index < -0.39 is 43.4 Å². The molecule has 128 valence electrons. The van der Waals surface area contributed by atoms with Gasteiger partial charge in [0.15, 0.2) is 6.29 Å². The average molecular weight is 326 g/mol. The lowest BCUT2D eigenvalue weighted by Gasteiger charge is -2.39. The molecule has 5 N–H and O–H groups in total. The summed E-state index contributed by atoms with van der Waals surface area (Å²) in [6.07, 6.45) is -4.02. The van der Waals surface area contributed by atoms with E-state index in [1.807, 2.05) is 6.92 Å². The van der Waals surface area contributed by atoms with Crippen LogP contribution >= 0.6 is 0 Å². The Bertz CT molecular complexity index is 494. The van der Waals surface area contributed by atoms with Gasteiger partial charge in [0.2, 0.25) is 0 Å². The molecule has 23 heavy (non-hydrogen) atoms. The molecule has 1 fully saturated rings. The Hall–Kier alpha value is -1.42. The molecule has 0 aliphatic carbocycles. The molecule has 1 saturated heterocycles. The summed E-state index contributed by atoms with van der Waals surface area (Å²) in [5, 5.41) is 47.6. The van der Waals surface area contributed by atoms with E-state index in [9.17, 15) is 20.4 Å². The zero-order chi connectivity index (χ0) is 17.2. The maximum atomic E-state index is 9.75. The number of ether oxygens (including phenoxy) is 2. The summed E-state index contributed by atoms with van der Waals surface area (Å²) >= 11 is 0. The molecule has 1 aliphatic rings. The van der Waals surface area contributed by atoms with Crippen molar-refractivity contribution in [3.8, 4) is 23.7 Å². The summed E-state index contributed by atoms with van der Waals surface area (Å²) in [5.74, 6) is 10.2. The van der Waals surface area contributed by atoms with Crippen LogP contribution in [0.1, 0.15) is 13.3 Å². The Balaban J connectivity index is 2.41. The van der Waals surface area contributed by atoms with Crippen LogP contribution in [0.4, 0.5) is 0 Å². The predicted molar refractivity (Wildman–Crippen MR) is 80.7 cm³/mol. The standard InChI is InChI=1S/C16H22O7/c1-2-3-4-5-6-7-11(18)8-9-22-16-15(21)14(20)13(19)12(10-17)23-16/h2-3,11-21H,8-10H2,1H3/b3-2-/t11-,12-,13-,14+,15-,16-/m1/s1. The number of allylic oxidation sites excluding steroid dienone is 2. The minimum Gasteiger partial charge on any atom is -0.394 e. The van der Waals surface area contributed by atoms with Gasteiger partial charge in [0.25, 0.3) is 0 Å². The van der Waals surface area contributed by atoms with Crippen LogP contribution in [0, 0.1) is 23.7 Å². The number of rotatable bonds is 5. The van der Waals surface area contributed by atoms with E-state index in [0.29, 0.717) is 0 Å². The summed E-state index contributed by atoms with van der Waals surface area (Å²) in [7, 11) is 0. The lowest BCUT2D eigenvalue weighted by Crippen LogP contribution is -2.59. The monoisotopic (exact) mass is 326 g/mol. The minimum atomic E-state index is -1.49. The first kappa shape index (κ1) is 19.6. The van der Waals surface area contributed by atoms with Gasteiger partial charge in [-0.25, -0.2) is 0 Å². The molecule has 0 radical (unpaired) electrons. The molecule has 0 amide bonds. The molecule has 0 aromatic heterocycles. The van der Waals surface area contributed by atoms with Crippen LogP contribution in [0.15, 0.2) is 12.2 Å². The number of hydrogen-bond donors (Lipinski definition) is 5. The molecule has 6 atom stereocenters. The van der Waals surface area contributed by atoms with Crippen LogP contribution in [0.2, 0.25) is 0 Å². The van der Waals surface area contributed by atoms with E-state index >= 15 is 0 Å². The van der Waals surface area contributed by atoms with Gasteiger partial charge >= 0.3 is 0 Å². The van der Waals surface area contributed by atoms with Gasteiger partial charge in [-0.3, -0.25) is 0 Å². The van der Waals surface area contributed by atoms with E-state index in [4.69, 9.17) is 14.6 Å². The smallest absolute Gasteiger partial charge is 0.186 e. The fourth-order valence-corrected chi connectivity index (χ4v) is 1.85. The molecule has 7 nitrogen and oxygen atoms in total. The average Bonchev–Trinajstić information content (AvgIpc) is 2.54. The third kappa shape index (κ3) is 6.30. The minimum absolute atomic E-state index is 0.000822. The Morgan fingerprint density at radius 2 is 1.91 bits per heavy atom. The third-order valence-corrected chi connectivity index (χ3v) is 3.15. The van der Waals surface area contributed by atoms with Crippen molar-refractivity contribution in [1.29, 1.82) is 0 Å². The summed E-state index contributed by atoms with van der Waals surface area (Å²) in [5.41, 5.74) is 0. The van der Waals surface area contributed by atoms with Gasteiger partial charge in [-0.1, -0.05) is 17.9 Å². The lowest BCUT2D eigenvalue weighted by atomic mass is 9.99. The molecular weight excluding hydrogens is 304 g/mol. The van der Waals surface area contributed by atoms with Crippen LogP contribution in [0.5, 0.6) is 0 Å². The highest BCUT2D eigenvalue weighted by Crippen LogP contribution is 2.22. The second-order valence-electron chi connectivity index (χ2n) is 4.91. The van der Waals surface area contributed by atoms with E-state index in [1.54, 1.807) is 12.2 Å². The van der Waals surface area contributed by atoms with Crippen molar-refractivity contribution >= 4 is 0 Å². The highest BCUT2D eigenvalue weighted by atomic mass is 16.7. The molecule has 7 heteroatoms. The van der Waals surface area contributed by atoms with E-state index in [-0.39, 0.29) is 13.0 Å². The van der Waals surface area contributed by atoms with Crippen molar-refractivity contribution in [3.63, 3.8) is 0 Å². The topological polar surface area (TPSA) is 120 Å². The molecule has 0 unspecified atom stereocenters. The molecule has 1 rings (SSSR count). The van der Waals surface area contributed by atoms with Crippen molar-refractivity contribution in [2.75, 3.05) is 13.2 Å². The Morgan fingerprint density at radius 3 is 2.57 bits per heavy atom. The number of hydrogen-bond acceptors (Lipinski definition) is 7. The van der Waals surface area contributed by atoms with Crippen molar-refractivity contribution in [1.82, 2.24) is 0 Å². The van der Waals surface area contributed by atoms with Crippen LogP contribution in [0.3, 0.4) is 0 Å². The fraction of sp³-hybridized carbons (Fsp3) is 0.625. The predicted octanol–water partition coefficient (Wildman–Crippen LogP) is -1.86. The molecule has 0 saturated carbocycles. The van der Waals surface area contributed by atoms with Crippen LogP contribution < -0.4 is 0 Å². The van der Waals surface area contributed by atoms with Crippen molar-refractivity contribution < 1.29 is 35.0 Å². The highest BCUT2D eigenvalue weighted by molar-refractivity contribution is 5.31. The Labute approximate surface area is 135 Å².